The summed E-state index contributed by atoms with van der Waals surface area (Å²) in [4.78, 5) is 15.0. The molecule has 0 radical (unpaired) electrons. The number of benzene rings is 1. The van der Waals surface area contributed by atoms with E-state index in [0.29, 0.717) is 25.3 Å². The van der Waals surface area contributed by atoms with E-state index in [-0.39, 0.29) is 28.8 Å². The molecule has 0 bridgehead atoms. The Labute approximate surface area is 206 Å². The number of amides is 1. The number of anilines is 1. The maximum Gasteiger partial charge on any atom is 0.491 e. The molecule has 1 aromatic heterocycles. The fraction of sp³-hybridized carbons (Fsp3) is 0.462. The normalized spacial score (nSPS) is 22.5. The highest BCUT2D eigenvalue weighted by Gasteiger charge is 2.48. The predicted molar refractivity (Wildman–Crippen MR) is 133 cm³/mol. The van der Waals surface area contributed by atoms with E-state index in [1.165, 1.54) is 12.1 Å². The van der Waals surface area contributed by atoms with Crippen molar-refractivity contribution < 1.29 is 18.5 Å². The summed E-state index contributed by atoms with van der Waals surface area (Å²) in [6.45, 7) is 12.2. The number of halogens is 1. The van der Waals surface area contributed by atoms with Gasteiger partial charge in [-0.1, -0.05) is 32.1 Å². The van der Waals surface area contributed by atoms with Crippen molar-refractivity contribution in [2.45, 2.75) is 52.7 Å². The fourth-order valence-electron chi connectivity index (χ4n) is 4.66. The second-order valence-corrected chi connectivity index (χ2v) is 10.7. The Kier molecular flexibility index (Phi) is 5.88. The van der Waals surface area contributed by atoms with E-state index in [2.05, 4.69) is 43.0 Å². The molecule has 4 heterocycles. The van der Waals surface area contributed by atoms with Crippen LogP contribution in [-0.2, 0) is 14.1 Å². The molecular formula is C26H32BFN4O3. The third kappa shape index (κ3) is 4.32. The van der Waals surface area contributed by atoms with E-state index in [1.807, 2.05) is 30.1 Å². The number of rotatable bonds is 4. The molecule has 35 heavy (non-hydrogen) atoms. The lowest BCUT2D eigenvalue weighted by atomic mass is 9.67. The minimum absolute atomic E-state index is 0.0692. The van der Waals surface area contributed by atoms with Crippen LogP contribution in [0.2, 0.25) is 0 Å². The number of carbonyl (C=O) groups is 1. The molecule has 5 rings (SSSR count). The van der Waals surface area contributed by atoms with E-state index in [4.69, 9.17) is 9.31 Å². The van der Waals surface area contributed by atoms with Gasteiger partial charge in [-0.15, -0.1) is 0 Å². The van der Waals surface area contributed by atoms with Gasteiger partial charge in [0.1, 0.15) is 5.82 Å². The molecule has 1 unspecified atom stereocenters. The van der Waals surface area contributed by atoms with Crippen LogP contribution >= 0.6 is 0 Å². The lowest BCUT2D eigenvalue weighted by Gasteiger charge is -2.48. The standard InChI is InChI=1S/C26H32BFN4O3/c1-17(18-6-8-20(28)9-7-18)32-15-21(13-30-32)31-14-19(12-22-23(31)10-11-29-24(22)33)27-34-16-25(2,3)26(4,5)35-27/h6-9,12-13,15,17H,10-11,14,16H2,1-5H3,(H,29,33). The van der Waals surface area contributed by atoms with Gasteiger partial charge in [0, 0.05) is 43.4 Å². The molecule has 1 saturated heterocycles. The highest BCUT2D eigenvalue weighted by Crippen LogP contribution is 2.41. The van der Waals surface area contributed by atoms with Gasteiger partial charge in [0.15, 0.2) is 0 Å². The molecule has 0 aliphatic carbocycles. The molecule has 2 aromatic rings. The molecule has 7 nitrogen and oxygen atoms in total. The second-order valence-electron chi connectivity index (χ2n) is 10.7. The van der Waals surface area contributed by atoms with Crippen molar-refractivity contribution in [3.8, 4) is 0 Å². The number of hydrogen-bond acceptors (Lipinski definition) is 5. The monoisotopic (exact) mass is 478 g/mol. The third-order valence-corrected chi connectivity index (χ3v) is 7.78. The van der Waals surface area contributed by atoms with Gasteiger partial charge in [-0.3, -0.25) is 9.48 Å². The van der Waals surface area contributed by atoms with Gasteiger partial charge in [-0.25, -0.2) is 4.39 Å². The molecular weight excluding hydrogens is 446 g/mol. The zero-order valence-corrected chi connectivity index (χ0v) is 21.0. The van der Waals surface area contributed by atoms with Gasteiger partial charge in [-0.05, 0) is 43.9 Å². The molecule has 0 spiro atoms. The summed E-state index contributed by atoms with van der Waals surface area (Å²) in [6, 6.07) is 6.40. The summed E-state index contributed by atoms with van der Waals surface area (Å²) in [5.74, 6) is -0.348. The molecule has 1 aromatic carbocycles. The fourth-order valence-corrected chi connectivity index (χ4v) is 4.66. The summed E-state index contributed by atoms with van der Waals surface area (Å²) >= 11 is 0. The van der Waals surface area contributed by atoms with Gasteiger partial charge in [0.05, 0.1) is 29.1 Å². The summed E-state index contributed by atoms with van der Waals surface area (Å²) in [6.07, 6.45) is 6.46. The minimum atomic E-state index is -0.530. The second kappa shape index (κ2) is 8.64. The number of hydrogen-bond donors (Lipinski definition) is 1. The smallest absolute Gasteiger partial charge is 0.407 e. The zero-order valence-electron chi connectivity index (χ0n) is 21.0. The number of nitrogens with one attached hydrogen (secondary N) is 1. The first-order valence-electron chi connectivity index (χ1n) is 12.1. The van der Waals surface area contributed by atoms with Crippen LogP contribution in [-0.4, -0.2) is 48.1 Å². The lowest BCUT2D eigenvalue weighted by molar-refractivity contribution is -0.117. The molecule has 184 valence electrons. The van der Waals surface area contributed by atoms with Crippen molar-refractivity contribution in [2.24, 2.45) is 5.41 Å². The van der Waals surface area contributed by atoms with Crippen LogP contribution in [0, 0.1) is 11.2 Å². The van der Waals surface area contributed by atoms with E-state index in [0.717, 1.165) is 28.8 Å². The molecule has 1 N–H and O–H groups in total. The van der Waals surface area contributed by atoms with Crippen molar-refractivity contribution in [2.75, 3.05) is 24.6 Å². The molecule has 1 amide bonds. The van der Waals surface area contributed by atoms with Crippen LogP contribution in [0.25, 0.3) is 0 Å². The van der Waals surface area contributed by atoms with E-state index in [1.54, 1.807) is 12.1 Å². The Balaban J connectivity index is 1.45. The average molecular weight is 478 g/mol. The highest BCUT2D eigenvalue weighted by atomic mass is 19.1. The van der Waals surface area contributed by atoms with Crippen molar-refractivity contribution >= 4 is 18.7 Å². The van der Waals surface area contributed by atoms with Gasteiger partial charge >= 0.3 is 7.12 Å². The Morgan fingerprint density at radius 3 is 2.66 bits per heavy atom. The Bertz CT molecular complexity index is 1200. The van der Waals surface area contributed by atoms with Crippen LogP contribution in [0.1, 0.15) is 52.6 Å². The predicted octanol–water partition coefficient (Wildman–Crippen LogP) is 4.03. The van der Waals surface area contributed by atoms with Crippen molar-refractivity contribution in [3.05, 3.63) is 70.9 Å². The lowest BCUT2D eigenvalue weighted by Crippen LogP contribution is -2.56. The largest absolute Gasteiger partial charge is 0.491 e. The SMILES string of the molecule is CC(c1ccc(F)cc1)n1cc(N2CC(B3OCC(C)(C)C(C)(C)O3)=CC3=C2CCNC3=O)cn1. The van der Waals surface area contributed by atoms with E-state index >= 15 is 0 Å². The van der Waals surface area contributed by atoms with Gasteiger partial charge < -0.3 is 19.5 Å². The van der Waals surface area contributed by atoms with Crippen LogP contribution in [0.5, 0.6) is 0 Å². The average Bonchev–Trinajstić information content (AvgIpc) is 3.31. The third-order valence-electron chi connectivity index (χ3n) is 7.78. The highest BCUT2D eigenvalue weighted by molar-refractivity contribution is 6.54. The van der Waals surface area contributed by atoms with Crippen LogP contribution in [0.4, 0.5) is 10.1 Å². The van der Waals surface area contributed by atoms with E-state index < -0.39 is 7.12 Å². The minimum Gasteiger partial charge on any atom is -0.407 e. The van der Waals surface area contributed by atoms with Crippen LogP contribution in [0.15, 0.2) is 59.5 Å². The Hall–Kier alpha value is -2.91. The topological polar surface area (TPSA) is 68.6 Å². The van der Waals surface area contributed by atoms with Crippen molar-refractivity contribution in [3.63, 3.8) is 0 Å². The number of carbonyl (C=O) groups excluding carboxylic acids is 1. The molecule has 0 saturated carbocycles. The molecule has 9 heteroatoms. The molecule has 1 fully saturated rings. The first-order chi connectivity index (χ1) is 16.6. The van der Waals surface area contributed by atoms with Crippen molar-refractivity contribution in [1.82, 2.24) is 15.1 Å². The van der Waals surface area contributed by atoms with Crippen LogP contribution in [0.3, 0.4) is 0 Å². The number of aromatic nitrogens is 2. The Morgan fingerprint density at radius 2 is 1.94 bits per heavy atom. The summed E-state index contributed by atoms with van der Waals surface area (Å²) in [5, 5.41) is 7.56. The quantitative estimate of drug-likeness (QED) is 0.673. The maximum atomic E-state index is 13.4. The Morgan fingerprint density at radius 1 is 1.20 bits per heavy atom. The maximum absolute atomic E-state index is 13.4. The van der Waals surface area contributed by atoms with Gasteiger partial charge in [0.25, 0.3) is 5.91 Å². The number of nitrogens with zero attached hydrogens (tertiary/aromatic N) is 3. The molecule has 3 aliphatic rings. The van der Waals surface area contributed by atoms with Crippen LogP contribution < -0.4 is 10.2 Å². The van der Waals surface area contributed by atoms with E-state index in [9.17, 15) is 9.18 Å². The summed E-state index contributed by atoms with van der Waals surface area (Å²) in [7, 11) is -0.530. The molecule has 1 atom stereocenters. The first kappa shape index (κ1) is 23.8. The summed E-state index contributed by atoms with van der Waals surface area (Å²) in [5.41, 5.74) is 3.86. The first-order valence-corrected chi connectivity index (χ1v) is 12.1. The van der Waals surface area contributed by atoms with Gasteiger partial charge in [-0.2, -0.15) is 5.10 Å². The molecule has 3 aliphatic heterocycles. The summed E-state index contributed by atoms with van der Waals surface area (Å²) < 4.78 is 27.8. The van der Waals surface area contributed by atoms with Gasteiger partial charge in [0.2, 0.25) is 0 Å². The zero-order chi connectivity index (χ0) is 25.0. The van der Waals surface area contributed by atoms with Crippen molar-refractivity contribution in [1.29, 1.82) is 0 Å².